The highest BCUT2D eigenvalue weighted by atomic mass is 16.5. The minimum atomic E-state index is -0.512. The van der Waals surface area contributed by atoms with E-state index in [0.717, 1.165) is 30.4 Å². The van der Waals surface area contributed by atoms with Crippen LogP contribution in [0.4, 0.5) is 0 Å². The van der Waals surface area contributed by atoms with E-state index in [4.69, 9.17) is 5.21 Å². The van der Waals surface area contributed by atoms with Crippen LogP contribution in [0.25, 0.3) is 0 Å². The number of carbonyl (C=O) groups excluding carboxylic acids is 2. The van der Waals surface area contributed by atoms with Crippen molar-refractivity contribution in [2.45, 2.75) is 51.5 Å². The Labute approximate surface area is 124 Å². The second-order valence-electron chi connectivity index (χ2n) is 5.63. The van der Waals surface area contributed by atoms with Gasteiger partial charge in [-0.05, 0) is 48.4 Å². The van der Waals surface area contributed by atoms with E-state index in [2.05, 4.69) is 12.2 Å². The minimum absolute atomic E-state index is 0.0153. The molecule has 1 aromatic carbocycles. The summed E-state index contributed by atoms with van der Waals surface area (Å²) in [5.74, 6) is -0.104. The standard InChI is InChI=1S/C16H22N2O3/c1-3-4-15(19)17-14-8-5-10(2)13-9-11(16(20)18-21)6-7-12(13)14/h6-7,9-10,14,21H,3-5,8H2,1-2H3,(H,17,19)(H,18,20). The summed E-state index contributed by atoms with van der Waals surface area (Å²) in [5.41, 5.74) is 4.24. The maximum absolute atomic E-state index is 11.8. The van der Waals surface area contributed by atoms with Crippen molar-refractivity contribution in [1.29, 1.82) is 0 Å². The Hall–Kier alpha value is -1.88. The highest BCUT2D eigenvalue weighted by molar-refractivity contribution is 5.93. The number of hydroxylamine groups is 1. The van der Waals surface area contributed by atoms with Crippen LogP contribution < -0.4 is 10.8 Å². The molecule has 21 heavy (non-hydrogen) atoms. The summed E-state index contributed by atoms with van der Waals surface area (Å²) in [7, 11) is 0. The van der Waals surface area contributed by atoms with Gasteiger partial charge in [-0.2, -0.15) is 0 Å². The van der Waals surface area contributed by atoms with Gasteiger partial charge in [0.2, 0.25) is 5.91 Å². The molecule has 114 valence electrons. The van der Waals surface area contributed by atoms with Crippen LogP contribution >= 0.6 is 0 Å². The number of hydrogen-bond acceptors (Lipinski definition) is 3. The van der Waals surface area contributed by atoms with Crippen molar-refractivity contribution < 1.29 is 14.8 Å². The van der Waals surface area contributed by atoms with Crippen LogP contribution in [0.15, 0.2) is 18.2 Å². The zero-order valence-electron chi connectivity index (χ0n) is 12.5. The molecule has 5 heteroatoms. The summed E-state index contributed by atoms with van der Waals surface area (Å²) in [5, 5.41) is 11.8. The van der Waals surface area contributed by atoms with Gasteiger partial charge in [0.05, 0.1) is 6.04 Å². The average molecular weight is 290 g/mol. The predicted octanol–water partition coefficient (Wildman–Crippen LogP) is 2.66. The van der Waals surface area contributed by atoms with Gasteiger partial charge in [0.15, 0.2) is 0 Å². The average Bonchev–Trinajstić information content (AvgIpc) is 2.49. The maximum atomic E-state index is 11.8. The fraction of sp³-hybridized carbons (Fsp3) is 0.500. The first kappa shape index (κ1) is 15.5. The van der Waals surface area contributed by atoms with Gasteiger partial charge in [-0.1, -0.05) is 19.9 Å². The molecule has 5 nitrogen and oxygen atoms in total. The third kappa shape index (κ3) is 3.42. The van der Waals surface area contributed by atoms with Crippen LogP contribution in [0.5, 0.6) is 0 Å². The molecule has 0 spiro atoms. The van der Waals surface area contributed by atoms with Crippen LogP contribution in [-0.2, 0) is 4.79 Å². The van der Waals surface area contributed by atoms with Crippen molar-refractivity contribution in [2.75, 3.05) is 0 Å². The number of nitrogens with one attached hydrogen (secondary N) is 2. The van der Waals surface area contributed by atoms with E-state index < -0.39 is 5.91 Å². The molecular formula is C16H22N2O3. The first-order valence-electron chi connectivity index (χ1n) is 7.44. The van der Waals surface area contributed by atoms with Crippen molar-refractivity contribution in [3.8, 4) is 0 Å². The fourth-order valence-corrected chi connectivity index (χ4v) is 2.90. The SMILES string of the molecule is CCCC(=O)NC1CCC(C)c2cc(C(=O)NO)ccc21. The van der Waals surface area contributed by atoms with Crippen LogP contribution in [0.2, 0.25) is 0 Å². The van der Waals surface area contributed by atoms with E-state index in [0.29, 0.717) is 17.9 Å². The second kappa shape index (κ2) is 6.72. The van der Waals surface area contributed by atoms with Gasteiger partial charge in [-0.25, -0.2) is 5.48 Å². The first-order chi connectivity index (χ1) is 10.1. The number of carbonyl (C=O) groups is 2. The van der Waals surface area contributed by atoms with E-state index in [9.17, 15) is 9.59 Å². The zero-order valence-corrected chi connectivity index (χ0v) is 12.5. The zero-order chi connectivity index (χ0) is 15.4. The van der Waals surface area contributed by atoms with Crippen molar-refractivity contribution >= 4 is 11.8 Å². The third-order valence-electron chi connectivity index (χ3n) is 4.06. The Bertz CT molecular complexity index is 542. The molecule has 0 saturated heterocycles. The number of benzene rings is 1. The fourth-order valence-electron chi connectivity index (χ4n) is 2.90. The lowest BCUT2D eigenvalue weighted by atomic mass is 9.80. The van der Waals surface area contributed by atoms with Crippen LogP contribution in [0, 0.1) is 0 Å². The molecule has 2 unspecified atom stereocenters. The van der Waals surface area contributed by atoms with Crippen molar-refractivity contribution in [1.82, 2.24) is 10.8 Å². The topological polar surface area (TPSA) is 78.4 Å². The van der Waals surface area contributed by atoms with E-state index in [1.165, 1.54) is 0 Å². The third-order valence-corrected chi connectivity index (χ3v) is 4.06. The molecule has 0 saturated carbocycles. The maximum Gasteiger partial charge on any atom is 0.274 e. The molecule has 0 aliphatic heterocycles. The molecule has 0 aromatic heterocycles. The van der Waals surface area contributed by atoms with Gasteiger partial charge in [0.1, 0.15) is 0 Å². The Kier molecular flexibility index (Phi) is 4.96. The summed E-state index contributed by atoms with van der Waals surface area (Å²) in [6, 6.07) is 5.39. The minimum Gasteiger partial charge on any atom is -0.349 e. The molecule has 2 atom stereocenters. The lowest BCUT2D eigenvalue weighted by Gasteiger charge is -2.30. The Morgan fingerprint density at radius 1 is 1.29 bits per heavy atom. The number of amides is 2. The number of fused-ring (bicyclic) bond motifs is 1. The molecule has 0 bridgehead atoms. The molecule has 0 fully saturated rings. The summed E-state index contributed by atoms with van der Waals surface area (Å²) in [4.78, 5) is 23.3. The Balaban J connectivity index is 2.27. The van der Waals surface area contributed by atoms with E-state index >= 15 is 0 Å². The molecule has 0 radical (unpaired) electrons. The Morgan fingerprint density at radius 2 is 2.05 bits per heavy atom. The largest absolute Gasteiger partial charge is 0.349 e. The van der Waals surface area contributed by atoms with E-state index in [1.807, 2.05) is 19.1 Å². The monoisotopic (exact) mass is 290 g/mol. The van der Waals surface area contributed by atoms with Gasteiger partial charge in [-0.15, -0.1) is 0 Å². The van der Waals surface area contributed by atoms with Crippen molar-refractivity contribution in [3.05, 3.63) is 34.9 Å². The van der Waals surface area contributed by atoms with Gasteiger partial charge >= 0.3 is 0 Å². The molecule has 1 aromatic rings. The van der Waals surface area contributed by atoms with Crippen LogP contribution in [0.1, 0.15) is 73.0 Å². The van der Waals surface area contributed by atoms with Crippen molar-refractivity contribution in [2.24, 2.45) is 0 Å². The molecule has 2 rings (SSSR count). The van der Waals surface area contributed by atoms with Gasteiger partial charge in [-0.3, -0.25) is 14.8 Å². The highest BCUT2D eigenvalue weighted by Gasteiger charge is 2.26. The Morgan fingerprint density at radius 3 is 2.71 bits per heavy atom. The van der Waals surface area contributed by atoms with Gasteiger partial charge in [0, 0.05) is 12.0 Å². The first-order valence-corrected chi connectivity index (χ1v) is 7.44. The van der Waals surface area contributed by atoms with Crippen molar-refractivity contribution in [3.63, 3.8) is 0 Å². The molecule has 2 amide bonds. The lowest BCUT2D eigenvalue weighted by Crippen LogP contribution is -2.31. The molecule has 0 heterocycles. The van der Waals surface area contributed by atoms with Gasteiger partial charge < -0.3 is 5.32 Å². The summed E-state index contributed by atoms with van der Waals surface area (Å²) in [6.45, 7) is 4.10. The molecule has 3 N–H and O–H groups in total. The summed E-state index contributed by atoms with van der Waals surface area (Å²) < 4.78 is 0. The predicted molar refractivity (Wildman–Crippen MR) is 79.1 cm³/mol. The smallest absolute Gasteiger partial charge is 0.274 e. The number of rotatable bonds is 4. The molecule has 1 aliphatic rings. The summed E-state index contributed by atoms with van der Waals surface area (Å²) >= 11 is 0. The number of hydrogen-bond donors (Lipinski definition) is 3. The van der Waals surface area contributed by atoms with Gasteiger partial charge in [0.25, 0.3) is 5.91 Å². The van der Waals surface area contributed by atoms with E-state index in [-0.39, 0.29) is 11.9 Å². The van der Waals surface area contributed by atoms with E-state index in [1.54, 1.807) is 11.5 Å². The normalized spacial score (nSPS) is 20.5. The van der Waals surface area contributed by atoms with Crippen LogP contribution in [-0.4, -0.2) is 17.0 Å². The highest BCUT2D eigenvalue weighted by Crippen LogP contribution is 2.37. The molecular weight excluding hydrogens is 268 g/mol. The summed E-state index contributed by atoms with van der Waals surface area (Å²) in [6.07, 6.45) is 3.24. The molecule has 1 aliphatic carbocycles. The van der Waals surface area contributed by atoms with Crippen LogP contribution in [0.3, 0.4) is 0 Å². The lowest BCUT2D eigenvalue weighted by molar-refractivity contribution is -0.122. The second-order valence-corrected chi connectivity index (χ2v) is 5.63. The quantitative estimate of drug-likeness (QED) is 0.589.